The second-order valence-corrected chi connectivity index (χ2v) is 4.46. The molecule has 0 aromatic heterocycles. The fourth-order valence-corrected chi connectivity index (χ4v) is 2.93. The van der Waals surface area contributed by atoms with Crippen molar-refractivity contribution in [2.45, 2.75) is 44.9 Å². The maximum atomic E-state index is 11.3. The number of carbonyl (C=O) groups excluding carboxylic acids is 1. The van der Waals surface area contributed by atoms with Gasteiger partial charge in [-0.25, -0.2) is 0 Å². The summed E-state index contributed by atoms with van der Waals surface area (Å²) >= 11 is 0. The molecule has 2 unspecified atom stereocenters. The fraction of sp³-hybridized carbons (Fsp3) is 0.818. The molecule has 2 rings (SSSR count). The first-order chi connectivity index (χ1) is 6.27. The van der Waals surface area contributed by atoms with Crippen LogP contribution in [0.1, 0.15) is 44.9 Å². The number of carbonyl (C=O) groups is 1. The summed E-state index contributed by atoms with van der Waals surface area (Å²) in [7, 11) is 0. The first-order valence-corrected chi connectivity index (χ1v) is 5.20. The maximum Gasteiger partial charge on any atom is 0.134 e. The van der Waals surface area contributed by atoms with Gasteiger partial charge in [-0.1, -0.05) is 12.8 Å². The minimum atomic E-state index is -0.256. The SMILES string of the molecule is N#CC12CCCCC1CCC(=O)C2. The van der Waals surface area contributed by atoms with Crippen LogP contribution in [-0.2, 0) is 4.79 Å². The molecule has 2 saturated carbocycles. The molecule has 0 heterocycles. The number of fused-ring (bicyclic) bond motifs is 1. The van der Waals surface area contributed by atoms with E-state index in [4.69, 9.17) is 0 Å². The molecular weight excluding hydrogens is 162 g/mol. The van der Waals surface area contributed by atoms with Crippen LogP contribution in [0.15, 0.2) is 0 Å². The van der Waals surface area contributed by atoms with Gasteiger partial charge in [-0.05, 0) is 25.2 Å². The van der Waals surface area contributed by atoms with E-state index in [2.05, 4.69) is 6.07 Å². The van der Waals surface area contributed by atoms with E-state index < -0.39 is 0 Å². The van der Waals surface area contributed by atoms with E-state index in [9.17, 15) is 10.1 Å². The molecule has 2 fully saturated rings. The number of nitriles is 1. The molecule has 0 amide bonds. The van der Waals surface area contributed by atoms with Crippen LogP contribution in [0, 0.1) is 22.7 Å². The molecule has 0 bridgehead atoms. The molecular formula is C11H15NO. The number of rotatable bonds is 0. The van der Waals surface area contributed by atoms with E-state index in [0.29, 0.717) is 24.5 Å². The minimum Gasteiger partial charge on any atom is -0.300 e. The van der Waals surface area contributed by atoms with Crippen LogP contribution in [0.25, 0.3) is 0 Å². The molecule has 0 spiro atoms. The average molecular weight is 177 g/mol. The van der Waals surface area contributed by atoms with Crippen LogP contribution in [-0.4, -0.2) is 5.78 Å². The molecule has 2 nitrogen and oxygen atoms in total. The lowest BCUT2D eigenvalue weighted by Gasteiger charge is -2.41. The van der Waals surface area contributed by atoms with E-state index in [0.717, 1.165) is 19.3 Å². The largest absolute Gasteiger partial charge is 0.300 e. The van der Waals surface area contributed by atoms with Crippen molar-refractivity contribution < 1.29 is 4.79 Å². The standard InChI is InChI=1S/C11H15NO/c12-8-11-6-2-1-3-9(11)4-5-10(13)7-11/h9H,1-7H2. The first kappa shape index (κ1) is 8.74. The van der Waals surface area contributed by atoms with Gasteiger partial charge in [0, 0.05) is 12.8 Å². The Labute approximate surface area is 78.9 Å². The lowest BCUT2D eigenvalue weighted by molar-refractivity contribution is -0.125. The molecule has 0 aromatic rings. The smallest absolute Gasteiger partial charge is 0.134 e. The van der Waals surface area contributed by atoms with Crippen molar-refractivity contribution in [1.82, 2.24) is 0 Å². The van der Waals surface area contributed by atoms with Crippen molar-refractivity contribution in [3.63, 3.8) is 0 Å². The first-order valence-electron chi connectivity index (χ1n) is 5.20. The molecule has 0 saturated heterocycles. The average Bonchev–Trinajstić information content (AvgIpc) is 2.17. The van der Waals surface area contributed by atoms with Gasteiger partial charge in [0.25, 0.3) is 0 Å². The maximum absolute atomic E-state index is 11.3. The van der Waals surface area contributed by atoms with Gasteiger partial charge in [0.05, 0.1) is 11.5 Å². The van der Waals surface area contributed by atoms with Crippen LogP contribution in [0.4, 0.5) is 0 Å². The van der Waals surface area contributed by atoms with E-state index in [1.807, 2.05) is 0 Å². The van der Waals surface area contributed by atoms with E-state index in [-0.39, 0.29) is 5.41 Å². The molecule has 0 N–H and O–H groups in total. The van der Waals surface area contributed by atoms with Crippen molar-refractivity contribution in [3.8, 4) is 6.07 Å². The summed E-state index contributed by atoms with van der Waals surface area (Å²) in [6.07, 6.45) is 6.73. The lowest BCUT2D eigenvalue weighted by Crippen LogP contribution is -2.38. The van der Waals surface area contributed by atoms with Gasteiger partial charge in [0.1, 0.15) is 5.78 Å². The summed E-state index contributed by atoms with van der Waals surface area (Å²) in [6.45, 7) is 0. The molecule has 0 aliphatic heterocycles. The number of hydrogen-bond acceptors (Lipinski definition) is 2. The van der Waals surface area contributed by atoms with E-state index >= 15 is 0 Å². The van der Waals surface area contributed by atoms with E-state index in [1.54, 1.807) is 0 Å². The zero-order chi connectivity index (χ0) is 9.31. The summed E-state index contributed by atoms with van der Waals surface area (Å²) in [5.41, 5.74) is -0.256. The molecule has 2 aliphatic carbocycles. The van der Waals surface area contributed by atoms with Gasteiger partial charge in [0.15, 0.2) is 0 Å². The molecule has 0 aromatic carbocycles. The zero-order valence-electron chi connectivity index (χ0n) is 7.88. The van der Waals surface area contributed by atoms with Crippen molar-refractivity contribution >= 4 is 5.78 Å². The molecule has 2 aliphatic rings. The van der Waals surface area contributed by atoms with Crippen LogP contribution >= 0.6 is 0 Å². The van der Waals surface area contributed by atoms with Gasteiger partial charge >= 0.3 is 0 Å². The summed E-state index contributed by atoms with van der Waals surface area (Å²) in [4.78, 5) is 11.3. The number of nitrogens with zero attached hydrogens (tertiary/aromatic N) is 1. The summed E-state index contributed by atoms with van der Waals surface area (Å²) in [6, 6.07) is 2.43. The van der Waals surface area contributed by atoms with Gasteiger partial charge in [0.2, 0.25) is 0 Å². The van der Waals surface area contributed by atoms with Crippen molar-refractivity contribution in [3.05, 3.63) is 0 Å². The van der Waals surface area contributed by atoms with Crippen molar-refractivity contribution in [2.24, 2.45) is 11.3 Å². The van der Waals surface area contributed by atoms with Crippen molar-refractivity contribution in [2.75, 3.05) is 0 Å². The Bertz CT molecular complexity index is 266. The summed E-state index contributed by atoms with van der Waals surface area (Å²) < 4.78 is 0. The van der Waals surface area contributed by atoms with Crippen LogP contribution in [0.5, 0.6) is 0 Å². The minimum absolute atomic E-state index is 0.256. The highest BCUT2D eigenvalue weighted by Gasteiger charge is 2.45. The van der Waals surface area contributed by atoms with Crippen LogP contribution in [0.3, 0.4) is 0 Å². The van der Waals surface area contributed by atoms with Gasteiger partial charge in [-0.3, -0.25) is 4.79 Å². The highest BCUT2D eigenvalue weighted by Crippen LogP contribution is 2.48. The predicted octanol–water partition coefficient (Wildman–Crippen LogP) is 2.44. The summed E-state index contributed by atoms with van der Waals surface area (Å²) in [5, 5.41) is 9.19. The molecule has 2 heteroatoms. The monoisotopic (exact) mass is 177 g/mol. The molecule has 70 valence electrons. The molecule has 2 atom stereocenters. The topological polar surface area (TPSA) is 40.9 Å². The highest BCUT2D eigenvalue weighted by atomic mass is 16.1. The van der Waals surface area contributed by atoms with Crippen LogP contribution in [0.2, 0.25) is 0 Å². The van der Waals surface area contributed by atoms with Gasteiger partial charge in [-0.15, -0.1) is 0 Å². The highest BCUT2D eigenvalue weighted by molar-refractivity contribution is 5.80. The quantitative estimate of drug-likeness (QED) is 0.570. The zero-order valence-corrected chi connectivity index (χ0v) is 7.88. The molecule has 0 radical (unpaired) electrons. The Morgan fingerprint density at radius 2 is 2.23 bits per heavy atom. The third-order valence-electron chi connectivity index (χ3n) is 3.71. The Kier molecular flexibility index (Phi) is 2.11. The second-order valence-electron chi connectivity index (χ2n) is 4.46. The van der Waals surface area contributed by atoms with Crippen LogP contribution < -0.4 is 0 Å². The number of ketones is 1. The predicted molar refractivity (Wildman–Crippen MR) is 48.9 cm³/mol. The Morgan fingerprint density at radius 3 is 3.00 bits per heavy atom. The number of hydrogen-bond donors (Lipinski definition) is 0. The van der Waals surface area contributed by atoms with Gasteiger partial charge in [-0.2, -0.15) is 5.26 Å². The fourth-order valence-electron chi connectivity index (χ4n) is 2.93. The summed E-state index contributed by atoms with van der Waals surface area (Å²) in [5.74, 6) is 0.823. The lowest BCUT2D eigenvalue weighted by atomic mass is 9.60. The normalized spacial score (nSPS) is 39.3. The van der Waals surface area contributed by atoms with Crippen molar-refractivity contribution in [1.29, 1.82) is 5.26 Å². The second kappa shape index (κ2) is 3.14. The number of Topliss-reactive ketones (excluding diaryl/α,β-unsaturated/α-hetero) is 1. The third-order valence-corrected chi connectivity index (χ3v) is 3.71. The van der Waals surface area contributed by atoms with E-state index in [1.165, 1.54) is 12.8 Å². The third kappa shape index (κ3) is 1.37. The Balaban J connectivity index is 2.22. The Morgan fingerprint density at radius 1 is 1.38 bits per heavy atom. The van der Waals surface area contributed by atoms with Gasteiger partial charge < -0.3 is 0 Å². The Hall–Kier alpha value is -0.840. The molecule has 13 heavy (non-hydrogen) atoms.